The average Bonchev–Trinajstić information content (AvgIpc) is 2.78. The second-order valence-electron chi connectivity index (χ2n) is 10.7. The Hall–Kier alpha value is -2.26. The zero-order valence-electron chi connectivity index (χ0n) is 19.1. The second kappa shape index (κ2) is 7.37. The van der Waals surface area contributed by atoms with E-state index in [2.05, 4.69) is 4.98 Å². The first kappa shape index (κ1) is 22.5. The molecule has 2 aliphatic carbocycles. The number of rotatable bonds is 2. The van der Waals surface area contributed by atoms with Crippen LogP contribution in [0.15, 0.2) is 39.8 Å². The average molecular weight is 458 g/mol. The van der Waals surface area contributed by atoms with E-state index in [1.807, 2.05) is 13.8 Å². The van der Waals surface area contributed by atoms with Crippen molar-refractivity contribution in [3.63, 3.8) is 0 Å². The molecular formula is C25H31NO7. The molecule has 2 fully saturated rings. The number of ether oxygens (including phenoxy) is 1. The van der Waals surface area contributed by atoms with Gasteiger partial charge in [0.05, 0.1) is 24.9 Å². The van der Waals surface area contributed by atoms with Crippen LogP contribution in [0.3, 0.4) is 0 Å². The van der Waals surface area contributed by atoms with E-state index in [0.717, 1.165) is 0 Å². The van der Waals surface area contributed by atoms with Crippen LogP contribution in [0, 0.1) is 22.7 Å². The molecule has 4 N–H and O–H groups in total. The van der Waals surface area contributed by atoms with Gasteiger partial charge in [0.1, 0.15) is 22.7 Å². The Balaban J connectivity index is 1.65. The van der Waals surface area contributed by atoms with Crippen LogP contribution in [0.5, 0.6) is 5.75 Å². The van der Waals surface area contributed by atoms with Crippen molar-refractivity contribution in [2.75, 3.05) is 6.61 Å². The number of aliphatic hydroxyl groups excluding tert-OH is 4. The Kier molecular flexibility index (Phi) is 5.03. The molecule has 2 saturated carbocycles. The molecule has 178 valence electrons. The molecule has 0 bridgehead atoms. The predicted octanol–water partition coefficient (Wildman–Crippen LogP) is 2.04. The molecule has 0 amide bonds. The van der Waals surface area contributed by atoms with Crippen LogP contribution in [-0.2, 0) is 0 Å². The van der Waals surface area contributed by atoms with Crippen molar-refractivity contribution in [2.45, 2.75) is 63.9 Å². The number of pyridine rings is 1. The lowest BCUT2D eigenvalue weighted by Gasteiger charge is -2.66. The molecule has 0 saturated heterocycles. The normalized spacial score (nSPS) is 42.0. The van der Waals surface area contributed by atoms with Crippen LogP contribution in [0.1, 0.15) is 51.7 Å². The lowest BCUT2D eigenvalue weighted by atomic mass is 9.42. The molecule has 1 aliphatic heterocycles. The van der Waals surface area contributed by atoms with Gasteiger partial charge >= 0.3 is 5.63 Å². The Morgan fingerprint density at radius 2 is 1.94 bits per heavy atom. The molecule has 3 heterocycles. The van der Waals surface area contributed by atoms with Crippen molar-refractivity contribution in [3.05, 3.63) is 46.6 Å². The topological polar surface area (TPSA) is 133 Å². The van der Waals surface area contributed by atoms with Crippen molar-refractivity contribution >= 4 is 0 Å². The standard InChI is InChI=1S/C25H31NO7/c1-23-7-6-17(28)24(2,12-27)16(23)10-18(29)25(3)21(23)20(30)19-15(33-25)9-14(32-22(19)31)13-5-4-8-26-11-13/h4-5,8-9,11,16-18,20-21,27-30H,6-7,10,12H2,1-3H3/t16?,17-,18-,20?,21?,23-,24?,25+/m0/s1. The summed E-state index contributed by atoms with van der Waals surface area (Å²) in [5, 5.41) is 43.9. The highest BCUT2D eigenvalue weighted by molar-refractivity contribution is 5.59. The number of aliphatic hydroxyl groups is 4. The van der Waals surface area contributed by atoms with Gasteiger partial charge in [-0.25, -0.2) is 4.79 Å². The van der Waals surface area contributed by atoms with E-state index in [-0.39, 0.29) is 29.6 Å². The minimum Gasteiger partial charge on any atom is -0.484 e. The first-order valence-corrected chi connectivity index (χ1v) is 11.5. The van der Waals surface area contributed by atoms with E-state index < -0.39 is 46.3 Å². The summed E-state index contributed by atoms with van der Waals surface area (Å²) in [5.74, 6) is -0.465. The fourth-order valence-corrected chi connectivity index (χ4v) is 7.08. The van der Waals surface area contributed by atoms with Crippen LogP contribution in [0.25, 0.3) is 11.3 Å². The summed E-state index contributed by atoms with van der Waals surface area (Å²) in [4.78, 5) is 17.1. The summed E-state index contributed by atoms with van der Waals surface area (Å²) < 4.78 is 11.9. The van der Waals surface area contributed by atoms with Gasteiger partial charge < -0.3 is 29.6 Å². The maximum Gasteiger partial charge on any atom is 0.345 e. The van der Waals surface area contributed by atoms with Crippen molar-refractivity contribution in [1.82, 2.24) is 4.98 Å². The lowest BCUT2D eigenvalue weighted by molar-refractivity contribution is -0.264. The molecular weight excluding hydrogens is 426 g/mol. The van der Waals surface area contributed by atoms with Crippen molar-refractivity contribution in [1.29, 1.82) is 0 Å². The van der Waals surface area contributed by atoms with Gasteiger partial charge in [-0.3, -0.25) is 4.98 Å². The minimum atomic E-state index is -1.24. The first-order chi connectivity index (χ1) is 15.6. The van der Waals surface area contributed by atoms with E-state index in [1.54, 1.807) is 37.5 Å². The van der Waals surface area contributed by atoms with E-state index in [9.17, 15) is 25.2 Å². The van der Waals surface area contributed by atoms with Crippen LogP contribution >= 0.6 is 0 Å². The number of fused-ring (bicyclic) bond motifs is 4. The minimum absolute atomic E-state index is 0.0380. The van der Waals surface area contributed by atoms with E-state index in [0.29, 0.717) is 24.8 Å². The SMILES string of the molecule is CC1(CO)C2C[C@H](O)[C@@]3(C)Oc4cc(-c5cccnc5)oc(=O)c4C(O)C3[C@@]2(C)CC[C@@H]1O. The Bertz CT molecular complexity index is 1120. The smallest absolute Gasteiger partial charge is 0.345 e. The Labute approximate surface area is 191 Å². The molecule has 33 heavy (non-hydrogen) atoms. The maximum absolute atomic E-state index is 13.1. The van der Waals surface area contributed by atoms with E-state index in [1.165, 1.54) is 0 Å². The second-order valence-corrected chi connectivity index (χ2v) is 10.7. The quantitative estimate of drug-likeness (QED) is 0.539. The van der Waals surface area contributed by atoms with Gasteiger partial charge in [0, 0.05) is 35.4 Å². The van der Waals surface area contributed by atoms with Crippen molar-refractivity contribution < 1.29 is 29.6 Å². The highest BCUT2D eigenvalue weighted by Gasteiger charge is 2.68. The van der Waals surface area contributed by atoms with E-state index >= 15 is 0 Å². The summed E-state index contributed by atoms with van der Waals surface area (Å²) in [5.41, 5.74) is -2.67. The Morgan fingerprint density at radius 1 is 1.18 bits per heavy atom. The summed E-state index contributed by atoms with van der Waals surface area (Å²) in [6.45, 7) is 5.37. The number of hydrogen-bond acceptors (Lipinski definition) is 8. The maximum atomic E-state index is 13.1. The predicted molar refractivity (Wildman–Crippen MR) is 118 cm³/mol. The number of hydrogen-bond donors (Lipinski definition) is 4. The van der Waals surface area contributed by atoms with Gasteiger partial charge in [-0.2, -0.15) is 0 Å². The van der Waals surface area contributed by atoms with Crippen LogP contribution in [0.2, 0.25) is 0 Å². The molecule has 4 unspecified atom stereocenters. The molecule has 8 heteroatoms. The molecule has 3 aliphatic rings. The summed E-state index contributed by atoms with van der Waals surface area (Å²) in [6, 6.07) is 5.05. The summed E-state index contributed by atoms with van der Waals surface area (Å²) >= 11 is 0. The zero-order chi connectivity index (χ0) is 23.8. The highest BCUT2D eigenvalue weighted by atomic mass is 16.5. The Morgan fingerprint density at radius 3 is 2.61 bits per heavy atom. The molecule has 0 spiro atoms. The van der Waals surface area contributed by atoms with Gasteiger partial charge in [-0.1, -0.05) is 13.8 Å². The van der Waals surface area contributed by atoms with Crippen molar-refractivity contribution in [3.8, 4) is 17.1 Å². The van der Waals surface area contributed by atoms with Crippen molar-refractivity contribution in [2.24, 2.45) is 22.7 Å². The number of aromatic nitrogens is 1. The molecule has 5 rings (SSSR count). The third kappa shape index (κ3) is 2.97. The van der Waals surface area contributed by atoms with Crippen LogP contribution in [-0.4, -0.2) is 49.8 Å². The fourth-order valence-electron chi connectivity index (χ4n) is 7.08. The van der Waals surface area contributed by atoms with Gasteiger partial charge in [0.15, 0.2) is 0 Å². The highest BCUT2D eigenvalue weighted by Crippen LogP contribution is 2.66. The van der Waals surface area contributed by atoms with Gasteiger partial charge in [0.25, 0.3) is 0 Å². The third-order valence-corrected chi connectivity index (χ3v) is 8.94. The zero-order valence-corrected chi connectivity index (χ0v) is 19.1. The lowest BCUT2D eigenvalue weighted by Crippen LogP contribution is -2.70. The summed E-state index contributed by atoms with van der Waals surface area (Å²) in [7, 11) is 0. The third-order valence-electron chi connectivity index (χ3n) is 8.94. The summed E-state index contributed by atoms with van der Waals surface area (Å²) in [6.07, 6.45) is 1.56. The molecule has 2 aromatic rings. The number of nitrogens with zero attached hydrogens (tertiary/aromatic N) is 1. The molecule has 2 aromatic heterocycles. The van der Waals surface area contributed by atoms with Gasteiger partial charge in [0.2, 0.25) is 0 Å². The first-order valence-electron chi connectivity index (χ1n) is 11.5. The van der Waals surface area contributed by atoms with E-state index in [4.69, 9.17) is 9.15 Å². The molecule has 0 radical (unpaired) electrons. The fraction of sp³-hybridized carbons (Fsp3) is 0.600. The molecule has 0 aromatic carbocycles. The monoisotopic (exact) mass is 457 g/mol. The van der Waals surface area contributed by atoms with Gasteiger partial charge in [-0.15, -0.1) is 0 Å². The van der Waals surface area contributed by atoms with Crippen LogP contribution < -0.4 is 10.4 Å². The molecule has 8 atom stereocenters. The molecule has 8 nitrogen and oxygen atoms in total. The largest absolute Gasteiger partial charge is 0.484 e. The van der Waals surface area contributed by atoms with Gasteiger partial charge in [-0.05, 0) is 49.7 Å². The van der Waals surface area contributed by atoms with Crippen LogP contribution in [0.4, 0.5) is 0 Å².